The molecule has 3 aromatic rings. The lowest BCUT2D eigenvalue weighted by Crippen LogP contribution is -2.35. The average molecular weight is 429 g/mol. The largest absolute Gasteiger partial charge is 0.362 e. The maximum Gasteiger partial charge on any atom is 0.282 e. The lowest BCUT2D eigenvalue weighted by atomic mass is 9.97. The van der Waals surface area contributed by atoms with Crippen molar-refractivity contribution in [2.45, 2.75) is 27.3 Å². The summed E-state index contributed by atoms with van der Waals surface area (Å²) in [4.78, 5) is 30.2. The Morgan fingerprint density at radius 3 is 2.22 bits per heavy atom. The summed E-state index contributed by atoms with van der Waals surface area (Å²) in [5.41, 5.74) is 4.25. The van der Waals surface area contributed by atoms with Gasteiger partial charge in [-0.1, -0.05) is 66.2 Å². The minimum Gasteiger partial charge on any atom is -0.362 e. The molecule has 1 aliphatic rings. The molecule has 162 valence electrons. The van der Waals surface area contributed by atoms with Crippen LogP contribution >= 0.6 is 0 Å². The van der Waals surface area contributed by atoms with Crippen LogP contribution in [0.15, 0.2) is 78.5 Å². The lowest BCUT2D eigenvalue weighted by molar-refractivity contribution is -0.120. The van der Waals surface area contributed by atoms with Crippen molar-refractivity contribution in [3.63, 3.8) is 0 Å². The van der Waals surface area contributed by atoms with Gasteiger partial charge in [0.05, 0.1) is 11.3 Å². The van der Waals surface area contributed by atoms with Crippen LogP contribution in [0, 0.1) is 19.7 Å². The second-order valence-electron chi connectivity index (χ2n) is 7.94. The Balaban J connectivity index is 1.89. The molecule has 0 saturated carbocycles. The number of benzene rings is 3. The SMILES string of the molecule is CCN(Cc1ccccc1)C1=C(c2ccc(C)cc2C)C(=O)N(c2ccccc2F)C1=O. The van der Waals surface area contributed by atoms with E-state index in [2.05, 4.69) is 0 Å². The van der Waals surface area contributed by atoms with Gasteiger partial charge in [-0.3, -0.25) is 9.59 Å². The van der Waals surface area contributed by atoms with E-state index < -0.39 is 17.6 Å². The molecule has 1 aliphatic heterocycles. The van der Waals surface area contributed by atoms with Crippen LogP contribution in [-0.4, -0.2) is 23.3 Å². The first-order chi connectivity index (χ1) is 15.4. The van der Waals surface area contributed by atoms with Crippen LogP contribution in [0.5, 0.6) is 0 Å². The standard InChI is InChI=1S/C27H25FN2O2/c1-4-29(17-20-10-6-5-7-11-20)25-24(21-15-14-18(2)16-19(21)3)26(31)30(27(25)32)23-13-9-8-12-22(23)28/h5-16H,4,17H2,1-3H3. The number of carbonyl (C=O) groups excluding carboxylic acids is 2. The molecule has 0 spiro atoms. The summed E-state index contributed by atoms with van der Waals surface area (Å²) in [6, 6.07) is 21.4. The van der Waals surface area contributed by atoms with E-state index in [1.54, 1.807) is 6.07 Å². The van der Waals surface area contributed by atoms with Crippen molar-refractivity contribution in [2.75, 3.05) is 11.4 Å². The van der Waals surface area contributed by atoms with Crippen molar-refractivity contribution in [2.24, 2.45) is 0 Å². The normalized spacial score (nSPS) is 13.8. The van der Waals surface area contributed by atoms with E-state index in [1.165, 1.54) is 18.2 Å². The maximum atomic E-state index is 14.6. The predicted octanol–water partition coefficient (Wildman–Crippen LogP) is 5.25. The molecule has 4 rings (SSSR count). The van der Waals surface area contributed by atoms with Gasteiger partial charge in [-0.05, 0) is 49.6 Å². The summed E-state index contributed by atoms with van der Waals surface area (Å²) in [6.07, 6.45) is 0. The van der Waals surface area contributed by atoms with Crippen molar-refractivity contribution >= 4 is 23.1 Å². The number of halogens is 1. The summed E-state index contributed by atoms with van der Waals surface area (Å²) in [5.74, 6) is -1.62. The van der Waals surface area contributed by atoms with Gasteiger partial charge >= 0.3 is 0 Å². The molecule has 3 aromatic carbocycles. The van der Waals surface area contributed by atoms with Crippen molar-refractivity contribution in [1.82, 2.24) is 4.90 Å². The molecule has 0 saturated heterocycles. The fourth-order valence-corrected chi connectivity index (χ4v) is 4.15. The zero-order valence-electron chi connectivity index (χ0n) is 18.4. The van der Waals surface area contributed by atoms with Crippen LogP contribution in [0.25, 0.3) is 5.57 Å². The van der Waals surface area contributed by atoms with Gasteiger partial charge in [0, 0.05) is 13.1 Å². The van der Waals surface area contributed by atoms with Crippen LogP contribution in [0.4, 0.5) is 10.1 Å². The fourth-order valence-electron chi connectivity index (χ4n) is 4.15. The number of hydrogen-bond donors (Lipinski definition) is 0. The molecule has 0 atom stereocenters. The lowest BCUT2D eigenvalue weighted by Gasteiger charge is -2.25. The molecule has 1 heterocycles. The number of carbonyl (C=O) groups is 2. The molecule has 4 nitrogen and oxygen atoms in total. The van der Waals surface area contributed by atoms with E-state index in [1.807, 2.05) is 74.2 Å². The highest BCUT2D eigenvalue weighted by Gasteiger charge is 2.43. The second-order valence-corrected chi connectivity index (χ2v) is 7.94. The average Bonchev–Trinajstić information content (AvgIpc) is 3.03. The van der Waals surface area contributed by atoms with Crippen LogP contribution in [0.2, 0.25) is 0 Å². The fraction of sp³-hybridized carbons (Fsp3) is 0.185. The Bertz CT molecular complexity index is 1220. The van der Waals surface area contributed by atoms with Gasteiger partial charge in [-0.25, -0.2) is 9.29 Å². The molecule has 0 fully saturated rings. The van der Waals surface area contributed by atoms with E-state index in [9.17, 15) is 14.0 Å². The molecular weight excluding hydrogens is 403 g/mol. The van der Waals surface area contributed by atoms with Gasteiger partial charge in [0.25, 0.3) is 11.8 Å². The van der Waals surface area contributed by atoms with E-state index >= 15 is 0 Å². The van der Waals surface area contributed by atoms with Gasteiger partial charge in [0.1, 0.15) is 11.5 Å². The van der Waals surface area contributed by atoms with Crippen LogP contribution in [0.3, 0.4) is 0 Å². The molecule has 32 heavy (non-hydrogen) atoms. The number of likely N-dealkylation sites (N-methyl/N-ethyl adjacent to an activating group) is 1. The highest BCUT2D eigenvalue weighted by molar-refractivity contribution is 6.45. The third kappa shape index (κ3) is 3.82. The number of rotatable bonds is 6. The zero-order valence-corrected chi connectivity index (χ0v) is 18.4. The number of aryl methyl sites for hydroxylation is 2. The van der Waals surface area contributed by atoms with Crippen molar-refractivity contribution in [3.05, 3.63) is 107 Å². The first-order valence-electron chi connectivity index (χ1n) is 10.7. The van der Waals surface area contributed by atoms with E-state index in [4.69, 9.17) is 0 Å². The highest BCUT2D eigenvalue weighted by Crippen LogP contribution is 2.37. The zero-order chi connectivity index (χ0) is 22.8. The number of hydrogen-bond acceptors (Lipinski definition) is 3. The summed E-state index contributed by atoms with van der Waals surface area (Å²) < 4.78 is 14.6. The molecule has 5 heteroatoms. The Morgan fingerprint density at radius 2 is 1.56 bits per heavy atom. The third-order valence-corrected chi connectivity index (χ3v) is 5.72. The number of anilines is 1. The van der Waals surface area contributed by atoms with Gasteiger partial charge in [0.15, 0.2) is 0 Å². The molecule has 0 aliphatic carbocycles. The Morgan fingerprint density at radius 1 is 0.875 bits per heavy atom. The molecule has 0 unspecified atom stereocenters. The monoisotopic (exact) mass is 428 g/mol. The number of amides is 2. The van der Waals surface area contributed by atoms with Crippen molar-refractivity contribution in [1.29, 1.82) is 0 Å². The van der Waals surface area contributed by atoms with E-state index in [0.717, 1.165) is 21.6 Å². The molecule has 0 bridgehead atoms. The highest BCUT2D eigenvalue weighted by atomic mass is 19.1. The topological polar surface area (TPSA) is 40.6 Å². The summed E-state index contributed by atoms with van der Waals surface area (Å²) in [7, 11) is 0. The quantitative estimate of drug-likeness (QED) is 0.504. The van der Waals surface area contributed by atoms with E-state index in [-0.39, 0.29) is 5.69 Å². The number of para-hydroxylation sites is 1. The molecule has 0 N–H and O–H groups in total. The first kappa shape index (κ1) is 21.5. The van der Waals surface area contributed by atoms with Crippen molar-refractivity contribution in [3.8, 4) is 0 Å². The summed E-state index contributed by atoms with van der Waals surface area (Å²) >= 11 is 0. The Hall–Kier alpha value is -3.73. The molecule has 0 radical (unpaired) electrons. The molecule has 0 aromatic heterocycles. The van der Waals surface area contributed by atoms with Crippen LogP contribution in [-0.2, 0) is 16.1 Å². The Labute approximate surface area is 187 Å². The molecular formula is C27H25FN2O2. The van der Waals surface area contributed by atoms with Gasteiger partial charge < -0.3 is 4.90 Å². The van der Waals surface area contributed by atoms with Crippen LogP contribution in [0.1, 0.15) is 29.2 Å². The molecule has 2 amide bonds. The second kappa shape index (κ2) is 8.79. The Kier molecular flexibility index (Phi) is 5.91. The van der Waals surface area contributed by atoms with Crippen molar-refractivity contribution < 1.29 is 14.0 Å². The predicted molar refractivity (Wildman–Crippen MR) is 124 cm³/mol. The summed E-state index contributed by atoms with van der Waals surface area (Å²) in [5, 5.41) is 0. The van der Waals surface area contributed by atoms with Crippen LogP contribution < -0.4 is 4.90 Å². The summed E-state index contributed by atoms with van der Waals surface area (Å²) in [6.45, 7) is 6.82. The smallest absolute Gasteiger partial charge is 0.282 e. The number of nitrogens with zero attached hydrogens (tertiary/aromatic N) is 2. The van der Waals surface area contributed by atoms with E-state index in [0.29, 0.717) is 29.9 Å². The number of imide groups is 1. The minimum atomic E-state index is -0.610. The minimum absolute atomic E-state index is 0.0319. The maximum absolute atomic E-state index is 14.6. The van der Waals surface area contributed by atoms with Gasteiger partial charge in [-0.15, -0.1) is 0 Å². The van der Waals surface area contributed by atoms with Gasteiger partial charge in [0.2, 0.25) is 0 Å². The van der Waals surface area contributed by atoms with Gasteiger partial charge in [-0.2, -0.15) is 0 Å². The third-order valence-electron chi connectivity index (χ3n) is 5.72. The first-order valence-corrected chi connectivity index (χ1v) is 10.7.